The molecule has 0 unspecified atom stereocenters. The lowest BCUT2D eigenvalue weighted by Crippen LogP contribution is -2.22. The first-order valence-corrected chi connectivity index (χ1v) is 11.6. The van der Waals surface area contributed by atoms with Crippen molar-refractivity contribution in [3.8, 4) is 20.9 Å². The molecule has 3 heterocycles. The van der Waals surface area contributed by atoms with Crippen LogP contribution in [0.25, 0.3) is 32.0 Å². The molecule has 5 heteroatoms. The van der Waals surface area contributed by atoms with Crippen LogP contribution in [0.15, 0.2) is 72.8 Å². The fraction of sp³-hybridized carbons (Fsp3) is 0.0769. The molecule has 0 bridgehead atoms. The number of hydrogen-bond donors (Lipinski definition) is 1. The zero-order valence-electron chi connectivity index (χ0n) is 17.1. The summed E-state index contributed by atoms with van der Waals surface area (Å²) in [5, 5.41) is 2.52. The molecule has 1 N–H and O–H groups in total. The molecule has 1 aliphatic heterocycles. The van der Waals surface area contributed by atoms with E-state index >= 15 is 0 Å². The number of benzene rings is 2. The van der Waals surface area contributed by atoms with Crippen molar-refractivity contribution >= 4 is 45.6 Å². The Morgan fingerprint density at radius 2 is 1.00 bits per heavy atom. The first-order chi connectivity index (χ1) is 15.0. The number of nitrogens with one attached hydrogen (secondary N) is 1. The lowest BCUT2D eigenvalue weighted by atomic mass is 9.96. The fourth-order valence-corrected chi connectivity index (χ4v) is 5.98. The molecule has 152 valence electrons. The summed E-state index contributed by atoms with van der Waals surface area (Å²) in [7, 11) is 0. The molecule has 2 amide bonds. The van der Waals surface area contributed by atoms with Crippen molar-refractivity contribution in [2.75, 3.05) is 0 Å². The average molecular weight is 442 g/mol. The molecule has 1 aliphatic rings. The molecule has 2 aromatic heterocycles. The molecule has 0 fully saturated rings. The van der Waals surface area contributed by atoms with Crippen LogP contribution in [0.3, 0.4) is 0 Å². The molecule has 0 spiro atoms. The van der Waals surface area contributed by atoms with Gasteiger partial charge >= 0.3 is 0 Å². The highest BCUT2D eigenvalue weighted by molar-refractivity contribution is 7.16. The van der Waals surface area contributed by atoms with E-state index in [0.717, 1.165) is 41.8 Å². The largest absolute Gasteiger partial charge is 0.288 e. The molecule has 0 aliphatic carbocycles. The van der Waals surface area contributed by atoms with E-state index in [1.807, 2.05) is 62.4 Å². The predicted molar refractivity (Wildman–Crippen MR) is 129 cm³/mol. The fourth-order valence-electron chi connectivity index (χ4n) is 3.92. The van der Waals surface area contributed by atoms with Crippen LogP contribution in [-0.4, -0.2) is 11.8 Å². The molecule has 3 nitrogen and oxygen atoms in total. The van der Waals surface area contributed by atoms with Gasteiger partial charge in [0.25, 0.3) is 11.8 Å². The Morgan fingerprint density at radius 3 is 1.39 bits per heavy atom. The van der Waals surface area contributed by atoms with Gasteiger partial charge in [-0.25, -0.2) is 0 Å². The topological polar surface area (TPSA) is 46.2 Å². The van der Waals surface area contributed by atoms with Crippen LogP contribution in [0.4, 0.5) is 0 Å². The molecular weight excluding hydrogens is 422 g/mol. The molecule has 0 saturated carbocycles. The summed E-state index contributed by atoms with van der Waals surface area (Å²) < 4.78 is 0. The summed E-state index contributed by atoms with van der Waals surface area (Å²) in [5.41, 5.74) is 4.81. The van der Waals surface area contributed by atoms with Crippen molar-refractivity contribution in [3.05, 3.63) is 93.7 Å². The van der Waals surface area contributed by atoms with Crippen molar-refractivity contribution < 1.29 is 9.59 Å². The van der Waals surface area contributed by atoms with Crippen LogP contribution in [0, 0.1) is 13.8 Å². The highest BCUT2D eigenvalue weighted by Gasteiger charge is 2.35. The average Bonchev–Trinajstić information content (AvgIpc) is 3.43. The Balaban J connectivity index is 1.67. The first-order valence-electron chi connectivity index (χ1n) is 9.95. The Bertz CT molecular complexity index is 1240. The van der Waals surface area contributed by atoms with Crippen LogP contribution in [0.1, 0.15) is 20.9 Å². The number of carbonyl (C=O) groups is 2. The summed E-state index contributed by atoms with van der Waals surface area (Å²) in [6.07, 6.45) is 0. The lowest BCUT2D eigenvalue weighted by molar-refractivity contribution is -0.122. The minimum atomic E-state index is -0.327. The smallest absolute Gasteiger partial charge is 0.259 e. The zero-order valence-corrected chi connectivity index (χ0v) is 18.7. The lowest BCUT2D eigenvalue weighted by Gasteiger charge is -2.03. The minimum Gasteiger partial charge on any atom is -0.288 e. The monoisotopic (exact) mass is 441 g/mol. The number of carbonyl (C=O) groups excluding carboxylic acids is 2. The van der Waals surface area contributed by atoms with Crippen LogP contribution >= 0.6 is 22.7 Å². The number of amides is 2. The van der Waals surface area contributed by atoms with Gasteiger partial charge in [-0.1, -0.05) is 60.7 Å². The molecular formula is C26H19NO2S2. The Kier molecular flexibility index (Phi) is 4.93. The van der Waals surface area contributed by atoms with Gasteiger partial charge in [0.15, 0.2) is 0 Å². The van der Waals surface area contributed by atoms with E-state index in [2.05, 4.69) is 29.6 Å². The zero-order chi connectivity index (χ0) is 21.5. The Labute approximate surface area is 188 Å². The van der Waals surface area contributed by atoms with Gasteiger partial charge in [-0.2, -0.15) is 0 Å². The number of hydrogen-bond acceptors (Lipinski definition) is 4. The third-order valence-corrected chi connectivity index (χ3v) is 7.62. The van der Waals surface area contributed by atoms with Crippen molar-refractivity contribution in [2.24, 2.45) is 0 Å². The van der Waals surface area contributed by atoms with Crippen LogP contribution in [-0.2, 0) is 9.59 Å². The van der Waals surface area contributed by atoms with Crippen LogP contribution < -0.4 is 5.32 Å². The third-order valence-electron chi connectivity index (χ3n) is 5.42. The van der Waals surface area contributed by atoms with Gasteiger partial charge in [0.1, 0.15) is 0 Å². The quantitative estimate of drug-likeness (QED) is 0.376. The van der Waals surface area contributed by atoms with E-state index in [1.165, 1.54) is 0 Å². The number of imide groups is 1. The highest BCUT2D eigenvalue weighted by atomic mass is 32.1. The summed E-state index contributed by atoms with van der Waals surface area (Å²) in [6, 6.07) is 24.3. The minimum absolute atomic E-state index is 0.327. The van der Waals surface area contributed by atoms with Gasteiger partial charge < -0.3 is 0 Å². The molecule has 0 atom stereocenters. The number of aryl methyl sites for hydroxylation is 2. The predicted octanol–water partition coefficient (Wildman–Crippen LogP) is 6.33. The Hall–Kier alpha value is -3.28. The second-order valence-corrected chi connectivity index (χ2v) is 9.94. The van der Waals surface area contributed by atoms with Crippen molar-refractivity contribution in [1.29, 1.82) is 0 Å². The van der Waals surface area contributed by atoms with E-state index < -0.39 is 0 Å². The maximum absolute atomic E-state index is 12.9. The van der Waals surface area contributed by atoms with Gasteiger partial charge in [0.2, 0.25) is 0 Å². The molecule has 4 aromatic rings. The summed E-state index contributed by atoms with van der Waals surface area (Å²) >= 11 is 3.28. The van der Waals surface area contributed by atoms with E-state index in [0.29, 0.717) is 11.1 Å². The van der Waals surface area contributed by atoms with Gasteiger partial charge in [-0.3, -0.25) is 14.9 Å². The molecule has 2 aromatic carbocycles. The van der Waals surface area contributed by atoms with Crippen LogP contribution in [0.2, 0.25) is 0 Å². The second kappa shape index (κ2) is 7.76. The van der Waals surface area contributed by atoms with E-state index in [1.54, 1.807) is 22.7 Å². The van der Waals surface area contributed by atoms with E-state index in [9.17, 15) is 9.59 Å². The maximum atomic E-state index is 12.9. The highest BCUT2D eigenvalue weighted by Crippen LogP contribution is 2.42. The first kappa shape index (κ1) is 19.7. The second-order valence-electron chi connectivity index (χ2n) is 7.43. The van der Waals surface area contributed by atoms with Gasteiger partial charge in [0.05, 0.1) is 11.1 Å². The van der Waals surface area contributed by atoms with E-state index in [4.69, 9.17) is 0 Å². The number of rotatable bonds is 4. The normalized spacial score (nSPS) is 13.7. The van der Waals surface area contributed by atoms with Crippen molar-refractivity contribution in [3.63, 3.8) is 0 Å². The van der Waals surface area contributed by atoms with Gasteiger partial charge in [0, 0.05) is 30.6 Å². The van der Waals surface area contributed by atoms with Crippen molar-refractivity contribution in [2.45, 2.75) is 13.8 Å². The SMILES string of the molecule is Cc1sc(-c2ccccc2)cc1C1=C(c2cc(-c3ccccc3)sc2C)C(=O)NC1=O. The Morgan fingerprint density at radius 1 is 0.613 bits per heavy atom. The standard InChI is InChI=1S/C26H19NO2S2/c1-15-19(13-21(30-15)17-9-5-3-6-10-17)23-24(26(29)27-25(23)28)20-14-22(31-16(20)2)18-11-7-4-8-12-18/h3-14H,1-2H3,(H,27,28,29). The van der Waals surface area contributed by atoms with Crippen molar-refractivity contribution in [1.82, 2.24) is 5.32 Å². The molecule has 5 rings (SSSR count). The maximum Gasteiger partial charge on any atom is 0.259 e. The number of thiophene rings is 2. The third kappa shape index (κ3) is 3.46. The molecule has 31 heavy (non-hydrogen) atoms. The molecule has 0 radical (unpaired) electrons. The summed E-state index contributed by atoms with van der Waals surface area (Å²) in [5.74, 6) is -0.653. The summed E-state index contributed by atoms with van der Waals surface area (Å²) in [6.45, 7) is 4.01. The van der Waals surface area contributed by atoms with Gasteiger partial charge in [-0.05, 0) is 37.1 Å². The van der Waals surface area contributed by atoms with Crippen LogP contribution in [0.5, 0.6) is 0 Å². The molecule has 0 saturated heterocycles. The summed E-state index contributed by atoms with van der Waals surface area (Å²) in [4.78, 5) is 30.0. The van der Waals surface area contributed by atoms with E-state index in [-0.39, 0.29) is 11.8 Å². The van der Waals surface area contributed by atoms with Gasteiger partial charge in [-0.15, -0.1) is 22.7 Å².